The summed E-state index contributed by atoms with van der Waals surface area (Å²) in [7, 11) is 0. The quantitative estimate of drug-likeness (QED) is 0.178. The zero-order valence-corrected chi connectivity index (χ0v) is 23.1. The molecule has 1 aliphatic heterocycles. The summed E-state index contributed by atoms with van der Waals surface area (Å²) in [5, 5.41) is 2.88. The molecular weight excluding hydrogens is 672 g/mol. The first-order valence-corrected chi connectivity index (χ1v) is 12.5. The Balaban J connectivity index is 1.70. The number of aryl methyl sites for hydroxylation is 2. The van der Waals surface area contributed by atoms with E-state index in [1.807, 2.05) is 32.0 Å². The van der Waals surface area contributed by atoms with Crippen LogP contribution in [0.2, 0.25) is 0 Å². The Hall–Kier alpha value is -1.81. The predicted octanol–water partition coefficient (Wildman–Crippen LogP) is 7.41. The first kappa shape index (κ1) is 23.4. The molecule has 0 aliphatic carbocycles. The fraction of sp³-hybridized carbons (Fsp3) is 0.0870. The molecular formula is C23H14Br4N2O3. The number of amides is 3. The molecule has 0 unspecified atom stereocenters. The molecule has 3 amide bonds. The first-order valence-electron chi connectivity index (χ1n) is 9.34. The van der Waals surface area contributed by atoms with E-state index >= 15 is 0 Å². The first-order chi connectivity index (χ1) is 15.1. The Labute approximate surface area is 218 Å². The van der Waals surface area contributed by atoms with E-state index in [1.165, 1.54) is 6.07 Å². The highest BCUT2D eigenvalue weighted by molar-refractivity contribution is 9.15. The maximum absolute atomic E-state index is 13.2. The number of hydrogen-bond acceptors (Lipinski definition) is 3. The molecule has 3 aromatic rings. The fourth-order valence-corrected chi connectivity index (χ4v) is 6.08. The van der Waals surface area contributed by atoms with Crippen LogP contribution in [0.4, 0.5) is 11.4 Å². The molecule has 5 nitrogen and oxygen atoms in total. The second kappa shape index (κ2) is 8.85. The summed E-state index contributed by atoms with van der Waals surface area (Å²) in [4.78, 5) is 40.3. The number of nitrogens with zero attached hydrogens (tertiary/aromatic N) is 1. The number of carbonyl (C=O) groups excluding carboxylic acids is 3. The van der Waals surface area contributed by atoms with E-state index in [-0.39, 0.29) is 17.0 Å². The van der Waals surface area contributed by atoms with Crippen LogP contribution in [0.5, 0.6) is 0 Å². The van der Waals surface area contributed by atoms with Gasteiger partial charge >= 0.3 is 0 Å². The van der Waals surface area contributed by atoms with Gasteiger partial charge in [-0.15, -0.1) is 0 Å². The van der Waals surface area contributed by atoms with Crippen LogP contribution in [0.25, 0.3) is 0 Å². The van der Waals surface area contributed by atoms with E-state index in [4.69, 9.17) is 0 Å². The minimum Gasteiger partial charge on any atom is -0.322 e. The number of anilines is 2. The summed E-state index contributed by atoms with van der Waals surface area (Å²) in [5.41, 5.74) is 3.90. The summed E-state index contributed by atoms with van der Waals surface area (Å²) < 4.78 is 2.19. The highest BCUT2D eigenvalue weighted by Gasteiger charge is 2.42. The lowest BCUT2D eigenvalue weighted by molar-refractivity contribution is 0.0923. The smallest absolute Gasteiger partial charge is 0.267 e. The van der Waals surface area contributed by atoms with E-state index in [9.17, 15) is 14.4 Å². The zero-order valence-electron chi connectivity index (χ0n) is 16.7. The molecule has 0 radical (unpaired) electrons. The predicted molar refractivity (Wildman–Crippen MR) is 139 cm³/mol. The molecule has 32 heavy (non-hydrogen) atoms. The average Bonchev–Trinajstić information content (AvgIpc) is 3.00. The van der Waals surface area contributed by atoms with Gasteiger partial charge in [0.15, 0.2) is 0 Å². The normalized spacial score (nSPS) is 12.9. The molecule has 0 saturated heterocycles. The maximum Gasteiger partial charge on any atom is 0.267 e. The van der Waals surface area contributed by atoms with E-state index in [0.717, 1.165) is 16.0 Å². The summed E-state index contributed by atoms with van der Waals surface area (Å²) in [6.45, 7) is 3.91. The molecule has 0 spiro atoms. The van der Waals surface area contributed by atoms with Crippen molar-refractivity contribution in [1.29, 1.82) is 0 Å². The van der Waals surface area contributed by atoms with Crippen LogP contribution in [0.15, 0.2) is 60.4 Å². The average molecular weight is 686 g/mol. The minimum absolute atomic E-state index is 0.252. The van der Waals surface area contributed by atoms with Gasteiger partial charge in [0.2, 0.25) is 0 Å². The van der Waals surface area contributed by atoms with Crippen LogP contribution in [0.3, 0.4) is 0 Å². The highest BCUT2D eigenvalue weighted by atomic mass is 79.9. The van der Waals surface area contributed by atoms with Crippen LogP contribution in [0.1, 0.15) is 42.2 Å². The summed E-state index contributed by atoms with van der Waals surface area (Å²) in [6.07, 6.45) is 0. The third-order valence-corrected chi connectivity index (χ3v) is 9.72. The lowest BCUT2D eigenvalue weighted by atomic mass is 10.1. The lowest BCUT2D eigenvalue weighted by Gasteiger charge is -2.15. The molecule has 1 heterocycles. The van der Waals surface area contributed by atoms with Crippen molar-refractivity contribution in [2.24, 2.45) is 0 Å². The molecule has 9 heteroatoms. The van der Waals surface area contributed by atoms with Crippen LogP contribution in [-0.4, -0.2) is 17.7 Å². The monoisotopic (exact) mass is 682 g/mol. The van der Waals surface area contributed by atoms with Gasteiger partial charge in [-0.1, -0.05) is 12.1 Å². The van der Waals surface area contributed by atoms with Crippen molar-refractivity contribution in [2.75, 3.05) is 10.2 Å². The Morgan fingerprint density at radius 2 is 1.31 bits per heavy atom. The summed E-state index contributed by atoms with van der Waals surface area (Å²) in [5.74, 6) is -1.28. The second-order valence-electron chi connectivity index (χ2n) is 7.33. The van der Waals surface area contributed by atoms with Crippen molar-refractivity contribution >= 4 is 92.8 Å². The van der Waals surface area contributed by atoms with Crippen molar-refractivity contribution in [2.45, 2.75) is 13.8 Å². The number of halogens is 4. The molecule has 1 N–H and O–H groups in total. The van der Waals surface area contributed by atoms with Gasteiger partial charge in [-0.25, -0.2) is 4.90 Å². The lowest BCUT2D eigenvalue weighted by Crippen LogP contribution is -2.29. The highest BCUT2D eigenvalue weighted by Crippen LogP contribution is 2.46. The number of hydrogen-bond donors (Lipinski definition) is 1. The topological polar surface area (TPSA) is 66.5 Å². The molecule has 0 aromatic heterocycles. The molecule has 0 bridgehead atoms. The molecule has 0 saturated carbocycles. The number of imide groups is 1. The van der Waals surface area contributed by atoms with Gasteiger partial charge < -0.3 is 5.32 Å². The van der Waals surface area contributed by atoms with Gasteiger partial charge in [0.05, 0.1) is 16.8 Å². The van der Waals surface area contributed by atoms with Crippen LogP contribution in [-0.2, 0) is 0 Å². The van der Waals surface area contributed by atoms with Crippen LogP contribution in [0, 0.1) is 13.8 Å². The van der Waals surface area contributed by atoms with Crippen molar-refractivity contribution in [3.8, 4) is 0 Å². The second-order valence-corrected chi connectivity index (χ2v) is 10.5. The summed E-state index contributed by atoms with van der Waals surface area (Å²) >= 11 is 13.7. The van der Waals surface area contributed by atoms with Gasteiger partial charge in [0.1, 0.15) is 0 Å². The number of benzene rings is 3. The van der Waals surface area contributed by atoms with Gasteiger partial charge in [-0.3, -0.25) is 14.4 Å². The van der Waals surface area contributed by atoms with Gasteiger partial charge in [-0.05, 0) is 119 Å². The maximum atomic E-state index is 13.2. The number of fused-ring (bicyclic) bond motifs is 1. The number of nitrogens with one attached hydrogen (secondary N) is 1. The fourth-order valence-electron chi connectivity index (χ4n) is 3.62. The SMILES string of the molecule is Cc1cc(C)cc(NC(=O)c2cccc(N3C(=O)c4c(Br)c(Br)c(Br)c(Br)c4C3=O)c2)c1. The van der Waals surface area contributed by atoms with Gasteiger partial charge in [0.25, 0.3) is 17.7 Å². The molecule has 162 valence electrons. The van der Waals surface area contributed by atoms with Crippen molar-refractivity contribution in [3.05, 3.63) is 88.2 Å². The number of rotatable bonds is 3. The van der Waals surface area contributed by atoms with Crippen molar-refractivity contribution < 1.29 is 14.4 Å². The van der Waals surface area contributed by atoms with Crippen molar-refractivity contribution in [3.63, 3.8) is 0 Å². The van der Waals surface area contributed by atoms with Gasteiger partial charge in [-0.2, -0.15) is 0 Å². The Morgan fingerprint density at radius 3 is 1.84 bits per heavy atom. The van der Waals surface area contributed by atoms with Crippen molar-refractivity contribution in [1.82, 2.24) is 0 Å². The Kier molecular flexibility index (Phi) is 6.46. The molecule has 0 fully saturated rings. The Bertz CT molecular complexity index is 1270. The number of carbonyl (C=O) groups is 3. The largest absolute Gasteiger partial charge is 0.322 e. The van der Waals surface area contributed by atoms with E-state index in [1.54, 1.807) is 18.2 Å². The van der Waals surface area contributed by atoms with E-state index in [0.29, 0.717) is 34.8 Å². The van der Waals surface area contributed by atoms with E-state index in [2.05, 4.69) is 69.0 Å². The van der Waals surface area contributed by atoms with Crippen LogP contribution < -0.4 is 10.2 Å². The molecule has 0 atom stereocenters. The standard InChI is InChI=1S/C23H14Br4N2O3/c1-10-6-11(2)8-13(7-10)28-21(30)12-4-3-5-14(9-12)29-22(31)15-16(23(29)32)18(25)20(27)19(26)17(15)24/h3-9H,1-2H3,(H,28,30). The molecule has 1 aliphatic rings. The third kappa shape index (κ3) is 4.00. The molecule has 3 aromatic carbocycles. The van der Waals surface area contributed by atoms with E-state index < -0.39 is 11.8 Å². The zero-order chi connectivity index (χ0) is 23.3. The molecule has 4 rings (SSSR count). The van der Waals surface area contributed by atoms with Crippen LogP contribution >= 0.6 is 63.7 Å². The van der Waals surface area contributed by atoms with Gasteiger partial charge in [0, 0.05) is 29.1 Å². The minimum atomic E-state index is -0.474. The third-order valence-electron chi connectivity index (χ3n) is 4.95. The Morgan fingerprint density at radius 1 is 0.781 bits per heavy atom. The summed E-state index contributed by atoms with van der Waals surface area (Å²) in [6, 6.07) is 12.2.